The lowest BCUT2D eigenvalue weighted by Gasteiger charge is -2.34. The number of carbonyl (C=O) groups excluding carboxylic acids is 1. The number of H-pyrrole nitrogens is 2. The minimum Gasteiger partial charge on any atom is -0.493 e. The molecule has 0 radical (unpaired) electrons. The quantitative estimate of drug-likeness (QED) is 0.347. The Bertz CT molecular complexity index is 1640. The summed E-state index contributed by atoms with van der Waals surface area (Å²) < 4.78 is 1.67. The van der Waals surface area contributed by atoms with Crippen LogP contribution >= 0.6 is 11.3 Å². The molecule has 12 heteroatoms. The molecule has 1 saturated carbocycles. The number of thiophene rings is 1. The minimum atomic E-state index is -0.499. The van der Waals surface area contributed by atoms with Gasteiger partial charge in [0.25, 0.3) is 5.91 Å². The average molecular weight is 521 g/mol. The van der Waals surface area contributed by atoms with Crippen LogP contribution in [0.25, 0.3) is 22.3 Å². The molecule has 1 saturated heterocycles. The molecular formula is C25H28N8O3S. The third-order valence-corrected chi connectivity index (χ3v) is 7.74. The normalized spacial score (nSPS) is 17.8. The molecule has 5 heterocycles. The molecule has 1 aliphatic heterocycles. The third kappa shape index (κ3) is 4.81. The van der Waals surface area contributed by atoms with E-state index in [2.05, 4.69) is 26.9 Å². The summed E-state index contributed by atoms with van der Waals surface area (Å²) in [5.41, 5.74) is 1.68. The molecule has 192 valence electrons. The molecule has 37 heavy (non-hydrogen) atoms. The van der Waals surface area contributed by atoms with Crippen molar-refractivity contribution < 1.29 is 9.90 Å². The van der Waals surface area contributed by atoms with Crippen molar-refractivity contribution >= 4 is 29.0 Å². The van der Waals surface area contributed by atoms with Crippen molar-refractivity contribution in [1.29, 1.82) is 0 Å². The maximum atomic E-state index is 13.2. The van der Waals surface area contributed by atoms with Crippen molar-refractivity contribution in [3.05, 3.63) is 56.2 Å². The second-order valence-corrected chi connectivity index (χ2v) is 10.6. The van der Waals surface area contributed by atoms with E-state index in [1.807, 2.05) is 23.1 Å². The van der Waals surface area contributed by atoms with Gasteiger partial charge in [0.05, 0.1) is 27.7 Å². The van der Waals surface area contributed by atoms with Gasteiger partial charge in [0.2, 0.25) is 5.88 Å². The monoisotopic (exact) mass is 520 g/mol. The number of imidazole rings is 1. The number of amides is 1. The summed E-state index contributed by atoms with van der Waals surface area (Å²) in [6.07, 6.45) is 6.46. The van der Waals surface area contributed by atoms with Gasteiger partial charge in [-0.1, -0.05) is 6.92 Å². The van der Waals surface area contributed by atoms with Crippen LogP contribution in [0.15, 0.2) is 34.2 Å². The molecule has 1 amide bonds. The second kappa shape index (κ2) is 9.60. The summed E-state index contributed by atoms with van der Waals surface area (Å²) in [5, 5.41) is 15.1. The van der Waals surface area contributed by atoms with Crippen molar-refractivity contribution in [3.8, 4) is 16.5 Å². The van der Waals surface area contributed by atoms with Crippen LogP contribution in [-0.2, 0) is 0 Å². The standard InChI is InChI=1S/C25H28N8O3S/c1-2-7-31-8-10-32(11-9-31)24(35)20-6-5-19(37-20)17-13-21(27-16-3-4-16)33-22(28-17)15(14-26-33)12-18-23(34)30-25(36)29-18/h5-6,12-14,16,34H,2-4,7-11H2,1H3,(H2,29,30,36)/b15-12-,27-21?. The average Bonchev–Trinajstić information content (AvgIpc) is 3.26. The predicted molar refractivity (Wildman–Crippen MR) is 139 cm³/mol. The van der Waals surface area contributed by atoms with Gasteiger partial charge in [0, 0.05) is 37.5 Å². The number of aromatic nitrogens is 5. The first-order chi connectivity index (χ1) is 18.0. The number of hydrogen-bond acceptors (Lipinski definition) is 8. The van der Waals surface area contributed by atoms with E-state index < -0.39 is 5.69 Å². The highest BCUT2D eigenvalue weighted by atomic mass is 32.1. The number of piperazine rings is 1. The molecule has 2 fully saturated rings. The number of aromatic amines is 2. The zero-order valence-corrected chi connectivity index (χ0v) is 21.3. The van der Waals surface area contributed by atoms with Gasteiger partial charge in [0.15, 0.2) is 11.1 Å². The summed E-state index contributed by atoms with van der Waals surface area (Å²) >= 11 is 1.43. The molecule has 4 aromatic rings. The molecule has 0 unspecified atom stereocenters. The van der Waals surface area contributed by atoms with Crippen LogP contribution < -0.4 is 16.4 Å². The van der Waals surface area contributed by atoms with Crippen LogP contribution in [-0.4, -0.2) is 84.1 Å². The van der Waals surface area contributed by atoms with Crippen LogP contribution in [0.2, 0.25) is 0 Å². The van der Waals surface area contributed by atoms with E-state index >= 15 is 0 Å². The molecule has 0 spiro atoms. The number of rotatable bonds is 6. The lowest BCUT2D eigenvalue weighted by molar-refractivity contribution is 0.0642. The molecule has 0 aromatic carbocycles. The Morgan fingerprint density at radius 2 is 2.05 bits per heavy atom. The molecular weight excluding hydrogens is 492 g/mol. The van der Waals surface area contributed by atoms with Crippen LogP contribution in [0.3, 0.4) is 0 Å². The van der Waals surface area contributed by atoms with Gasteiger partial charge in [-0.05, 0) is 44.0 Å². The van der Waals surface area contributed by atoms with Gasteiger partial charge >= 0.3 is 5.69 Å². The summed E-state index contributed by atoms with van der Waals surface area (Å²) in [5.74, 6) is -0.193. The van der Waals surface area contributed by atoms with E-state index in [0.717, 1.165) is 56.9 Å². The van der Waals surface area contributed by atoms with E-state index in [9.17, 15) is 14.7 Å². The highest BCUT2D eigenvalue weighted by Gasteiger charge is 2.24. The molecule has 3 N–H and O–H groups in total. The Kier molecular flexibility index (Phi) is 6.13. The van der Waals surface area contributed by atoms with Gasteiger partial charge in [0.1, 0.15) is 5.69 Å². The van der Waals surface area contributed by atoms with Gasteiger partial charge < -0.3 is 15.0 Å². The lowest BCUT2D eigenvalue weighted by Crippen LogP contribution is -2.48. The molecule has 0 atom stereocenters. The Balaban J connectivity index is 1.36. The molecule has 1 aliphatic carbocycles. The molecule has 0 bridgehead atoms. The van der Waals surface area contributed by atoms with E-state index in [0.29, 0.717) is 26.9 Å². The number of fused-ring (bicyclic) bond motifs is 1. The van der Waals surface area contributed by atoms with Crippen molar-refractivity contribution in [1.82, 2.24) is 34.4 Å². The SMILES string of the molecule is CCCN1CCN(C(=O)c2ccc(-c3cc(=NC4CC4)n4nc/c(=C/c5[nH]c(=O)[nH]c5O)c4n3)s2)CC1. The first-order valence-corrected chi connectivity index (χ1v) is 13.4. The van der Waals surface area contributed by atoms with E-state index in [-0.39, 0.29) is 23.5 Å². The predicted octanol–water partition coefficient (Wildman–Crippen LogP) is 0.958. The Morgan fingerprint density at radius 1 is 1.24 bits per heavy atom. The van der Waals surface area contributed by atoms with Gasteiger partial charge in [-0.15, -0.1) is 11.3 Å². The van der Waals surface area contributed by atoms with Crippen LogP contribution in [0.1, 0.15) is 41.6 Å². The van der Waals surface area contributed by atoms with Crippen molar-refractivity contribution in [3.63, 3.8) is 0 Å². The molecule has 4 aromatic heterocycles. The summed E-state index contributed by atoms with van der Waals surface area (Å²) in [6.45, 7) is 6.54. The highest BCUT2D eigenvalue weighted by molar-refractivity contribution is 7.17. The second-order valence-electron chi connectivity index (χ2n) is 9.48. The van der Waals surface area contributed by atoms with E-state index in [4.69, 9.17) is 9.98 Å². The van der Waals surface area contributed by atoms with Crippen molar-refractivity contribution in [2.24, 2.45) is 4.99 Å². The zero-order chi connectivity index (χ0) is 25.5. The Labute approximate surface area is 215 Å². The number of aromatic hydroxyl groups is 1. The first kappa shape index (κ1) is 23.6. The van der Waals surface area contributed by atoms with E-state index in [1.165, 1.54) is 11.3 Å². The summed E-state index contributed by atoms with van der Waals surface area (Å²) in [7, 11) is 0. The summed E-state index contributed by atoms with van der Waals surface area (Å²) in [6, 6.07) is 5.98. The van der Waals surface area contributed by atoms with Crippen LogP contribution in [0.4, 0.5) is 0 Å². The van der Waals surface area contributed by atoms with Gasteiger partial charge in [-0.25, -0.2) is 9.78 Å². The fraction of sp³-hybridized carbons (Fsp3) is 0.400. The largest absolute Gasteiger partial charge is 0.493 e. The summed E-state index contributed by atoms with van der Waals surface area (Å²) in [4.78, 5) is 45.2. The first-order valence-electron chi connectivity index (χ1n) is 12.6. The smallest absolute Gasteiger partial charge is 0.326 e. The third-order valence-electron chi connectivity index (χ3n) is 6.65. The highest BCUT2D eigenvalue weighted by Crippen LogP contribution is 2.28. The molecule has 2 aliphatic rings. The molecule has 11 nitrogen and oxygen atoms in total. The Hall–Kier alpha value is -3.77. The minimum absolute atomic E-state index is 0.0571. The fourth-order valence-electron chi connectivity index (χ4n) is 4.56. The topological polar surface area (TPSA) is 135 Å². The van der Waals surface area contributed by atoms with Gasteiger partial charge in [-0.3, -0.25) is 19.7 Å². The number of nitrogens with zero attached hydrogens (tertiary/aromatic N) is 6. The lowest BCUT2D eigenvalue weighted by atomic mass is 10.2. The maximum Gasteiger partial charge on any atom is 0.326 e. The Morgan fingerprint density at radius 3 is 2.76 bits per heavy atom. The van der Waals surface area contributed by atoms with Crippen LogP contribution in [0, 0.1) is 0 Å². The number of carbonyl (C=O) groups is 1. The maximum absolute atomic E-state index is 13.2. The van der Waals surface area contributed by atoms with E-state index in [1.54, 1.807) is 16.8 Å². The van der Waals surface area contributed by atoms with Crippen molar-refractivity contribution in [2.75, 3.05) is 32.7 Å². The van der Waals surface area contributed by atoms with Gasteiger partial charge in [-0.2, -0.15) is 9.61 Å². The fourth-order valence-corrected chi connectivity index (χ4v) is 5.49. The van der Waals surface area contributed by atoms with Crippen molar-refractivity contribution in [2.45, 2.75) is 32.2 Å². The van der Waals surface area contributed by atoms with Crippen LogP contribution in [0.5, 0.6) is 5.88 Å². The number of hydrogen-bond donors (Lipinski definition) is 3. The number of nitrogens with one attached hydrogen (secondary N) is 2. The zero-order valence-electron chi connectivity index (χ0n) is 20.5. The molecule has 6 rings (SSSR count).